The van der Waals surface area contributed by atoms with Gasteiger partial charge in [0.2, 0.25) is 0 Å². The zero-order chi connectivity index (χ0) is 25.3. The molecule has 7 rings (SSSR count). The Morgan fingerprint density at radius 3 is 1.87 bits per heavy atom. The summed E-state index contributed by atoms with van der Waals surface area (Å²) in [6.07, 6.45) is 5.21. The van der Waals surface area contributed by atoms with E-state index >= 15 is 0 Å². The first-order valence-electron chi connectivity index (χ1n) is 12.7. The fourth-order valence-electron chi connectivity index (χ4n) is 5.21. The third-order valence-electron chi connectivity index (χ3n) is 6.93. The second-order valence-corrected chi connectivity index (χ2v) is 9.20. The van der Waals surface area contributed by atoms with Crippen molar-refractivity contribution in [2.24, 2.45) is 0 Å². The molecule has 4 nitrogen and oxygen atoms in total. The molecule has 5 aromatic carbocycles. The number of anilines is 3. The number of para-hydroxylation sites is 3. The molecule has 7 aromatic rings. The molecule has 38 heavy (non-hydrogen) atoms. The highest BCUT2D eigenvalue weighted by Gasteiger charge is 2.17. The van der Waals surface area contributed by atoms with Crippen LogP contribution in [0.15, 0.2) is 146 Å². The van der Waals surface area contributed by atoms with Crippen molar-refractivity contribution in [3.63, 3.8) is 0 Å². The topological polar surface area (TPSA) is 34.0 Å². The Morgan fingerprint density at radius 1 is 0.526 bits per heavy atom. The van der Waals surface area contributed by atoms with Crippen LogP contribution in [0.1, 0.15) is 0 Å². The molecule has 0 amide bonds. The average Bonchev–Trinajstić information content (AvgIpc) is 3.33. The highest BCUT2D eigenvalue weighted by Crippen LogP contribution is 2.39. The van der Waals surface area contributed by atoms with Crippen molar-refractivity contribution < 1.29 is 0 Å². The maximum atomic E-state index is 4.44. The molecule has 0 aliphatic carbocycles. The van der Waals surface area contributed by atoms with E-state index in [-0.39, 0.29) is 0 Å². The zero-order valence-electron chi connectivity index (χ0n) is 20.6. The summed E-state index contributed by atoms with van der Waals surface area (Å²) in [5.41, 5.74) is 8.75. The smallest absolute Gasteiger partial charge is 0.0885 e. The van der Waals surface area contributed by atoms with E-state index in [2.05, 4.69) is 147 Å². The van der Waals surface area contributed by atoms with Crippen LogP contribution in [0, 0.1) is 0 Å². The number of hydrogen-bond acceptors (Lipinski definition) is 3. The van der Waals surface area contributed by atoms with Crippen molar-refractivity contribution in [2.45, 2.75) is 0 Å². The van der Waals surface area contributed by atoms with Gasteiger partial charge in [0.05, 0.1) is 22.9 Å². The van der Waals surface area contributed by atoms with Gasteiger partial charge in [0, 0.05) is 51.5 Å². The maximum absolute atomic E-state index is 4.44. The second-order valence-electron chi connectivity index (χ2n) is 9.20. The Kier molecular flexibility index (Phi) is 5.41. The summed E-state index contributed by atoms with van der Waals surface area (Å²) in [6, 6.07) is 45.0. The van der Waals surface area contributed by atoms with Gasteiger partial charge < -0.3 is 9.47 Å². The number of nitrogens with zero attached hydrogens (tertiary/aromatic N) is 4. The summed E-state index contributed by atoms with van der Waals surface area (Å²) < 4.78 is 2.34. The predicted octanol–water partition coefficient (Wildman–Crippen LogP) is 8.71. The first-order chi connectivity index (χ1) is 18.9. The maximum Gasteiger partial charge on any atom is 0.0885 e. The molecule has 2 heterocycles. The van der Waals surface area contributed by atoms with Crippen LogP contribution in [0.5, 0.6) is 0 Å². The number of benzene rings is 5. The van der Waals surface area contributed by atoms with E-state index in [9.17, 15) is 0 Å². The van der Waals surface area contributed by atoms with Crippen LogP contribution in [0.2, 0.25) is 0 Å². The average molecular weight is 489 g/mol. The van der Waals surface area contributed by atoms with Crippen molar-refractivity contribution in [2.75, 3.05) is 4.90 Å². The first kappa shape index (κ1) is 22.0. The Labute approximate surface area is 221 Å². The molecule has 0 aliphatic rings. The van der Waals surface area contributed by atoms with Crippen molar-refractivity contribution in [3.8, 4) is 16.9 Å². The minimum absolute atomic E-state index is 0.868. The van der Waals surface area contributed by atoms with Gasteiger partial charge in [-0.05, 0) is 60.7 Å². The van der Waals surface area contributed by atoms with Gasteiger partial charge in [-0.2, -0.15) is 0 Å². The fourth-order valence-corrected chi connectivity index (χ4v) is 5.21. The Hall–Kier alpha value is -5.22. The van der Waals surface area contributed by atoms with Gasteiger partial charge in [0.1, 0.15) is 0 Å². The van der Waals surface area contributed by atoms with Crippen LogP contribution >= 0.6 is 0 Å². The normalized spacial score (nSPS) is 11.2. The van der Waals surface area contributed by atoms with E-state index in [0.29, 0.717) is 0 Å². The highest BCUT2D eigenvalue weighted by atomic mass is 15.1. The molecule has 180 valence electrons. The van der Waals surface area contributed by atoms with Crippen molar-refractivity contribution >= 4 is 38.9 Å². The van der Waals surface area contributed by atoms with Crippen molar-refractivity contribution in [1.82, 2.24) is 14.5 Å². The summed E-state index contributed by atoms with van der Waals surface area (Å²) in [4.78, 5) is 11.0. The largest absolute Gasteiger partial charge is 0.310 e. The summed E-state index contributed by atoms with van der Waals surface area (Å²) in [5.74, 6) is 0. The van der Waals surface area contributed by atoms with E-state index in [1.54, 1.807) is 18.6 Å². The molecular weight excluding hydrogens is 464 g/mol. The Balaban J connectivity index is 1.40. The molecule has 0 saturated carbocycles. The number of aromatic nitrogens is 3. The first-order valence-corrected chi connectivity index (χ1v) is 12.7. The summed E-state index contributed by atoms with van der Waals surface area (Å²) >= 11 is 0. The SMILES string of the molecule is c1ccc(N(c2ccccc2)c2ccc3c(c2)c2ccccc2n3-c2ccc(-c3cnccn3)cc2)cc1. The summed E-state index contributed by atoms with van der Waals surface area (Å²) in [6.45, 7) is 0. The van der Waals surface area contributed by atoms with Gasteiger partial charge in [-0.1, -0.05) is 66.7 Å². The van der Waals surface area contributed by atoms with E-state index in [0.717, 1.165) is 34.0 Å². The van der Waals surface area contributed by atoms with Crippen LogP contribution in [0.4, 0.5) is 17.1 Å². The van der Waals surface area contributed by atoms with E-state index in [1.165, 1.54) is 21.8 Å². The molecule has 0 unspecified atom stereocenters. The number of rotatable bonds is 5. The minimum Gasteiger partial charge on any atom is -0.310 e. The molecular formula is C34H24N4. The lowest BCUT2D eigenvalue weighted by molar-refractivity contribution is 1.17. The number of hydrogen-bond donors (Lipinski definition) is 0. The van der Waals surface area contributed by atoms with Crippen LogP contribution in [-0.4, -0.2) is 14.5 Å². The molecule has 0 aliphatic heterocycles. The van der Waals surface area contributed by atoms with Gasteiger partial charge in [-0.25, -0.2) is 0 Å². The molecule has 0 fully saturated rings. The molecule has 0 N–H and O–H groups in total. The zero-order valence-corrected chi connectivity index (χ0v) is 20.6. The summed E-state index contributed by atoms with van der Waals surface area (Å²) in [7, 11) is 0. The standard InChI is InChI=1S/C34H24N4/c1-3-9-26(10-4-1)37(27-11-5-2-6-12-27)29-19-20-34-31(23-29)30-13-7-8-14-33(30)38(34)28-17-15-25(16-18-28)32-24-35-21-22-36-32/h1-24H. The monoisotopic (exact) mass is 488 g/mol. The van der Waals surface area contributed by atoms with Gasteiger partial charge in [0.25, 0.3) is 0 Å². The molecule has 0 radical (unpaired) electrons. The fraction of sp³-hybridized carbons (Fsp3) is 0. The van der Waals surface area contributed by atoms with Crippen LogP contribution in [0.3, 0.4) is 0 Å². The van der Waals surface area contributed by atoms with E-state index in [1.807, 2.05) is 0 Å². The van der Waals surface area contributed by atoms with Gasteiger partial charge in [-0.15, -0.1) is 0 Å². The predicted molar refractivity (Wildman–Crippen MR) is 156 cm³/mol. The molecule has 2 aromatic heterocycles. The third-order valence-corrected chi connectivity index (χ3v) is 6.93. The quantitative estimate of drug-likeness (QED) is 0.243. The lowest BCUT2D eigenvalue weighted by Gasteiger charge is -2.25. The number of fused-ring (bicyclic) bond motifs is 3. The van der Waals surface area contributed by atoms with Crippen LogP contribution < -0.4 is 4.90 Å². The molecule has 0 spiro atoms. The summed E-state index contributed by atoms with van der Waals surface area (Å²) in [5, 5.41) is 2.44. The molecule has 0 atom stereocenters. The molecule has 0 bridgehead atoms. The second kappa shape index (κ2) is 9.34. The molecule has 0 saturated heterocycles. The minimum atomic E-state index is 0.868. The van der Waals surface area contributed by atoms with Gasteiger partial charge in [-0.3, -0.25) is 9.97 Å². The Morgan fingerprint density at radius 2 is 1.18 bits per heavy atom. The van der Waals surface area contributed by atoms with Crippen LogP contribution in [0.25, 0.3) is 38.8 Å². The lowest BCUT2D eigenvalue weighted by atomic mass is 10.1. The Bertz CT molecular complexity index is 1800. The molecule has 4 heteroatoms. The van der Waals surface area contributed by atoms with E-state index < -0.39 is 0 Å². The third kappa shape index (κ3) is 3.80. The van der Waals surface area contributed by atoms with Crippen molar-refractivity contribution in [3.05, 3.63) is 146 Å². The van der Waals surface area contributed by atoms with Gasteiger partial charge in [0.15, 0.2) is 0 Å². The highest BCUT2D eigenvalue weighted by molar-refractivity contribution is 6.10. The van der Waals surface area contributed by atoms with E-state index in [4.69, 9.17) is 0 Å². The van der Waals surface area contributed by atoms with Crippen LogP contribution in [-0.2, 0) is 0 Å². The van der Waals surface area contributed by atoms with Gasteiger partial charge >= 0.3 is 0 Å². The van der Waals surface area contributed by atoms with Crippen molar-refractivity contribution in [1.29, 1.82) is 0 Å². The lowest BCUT2D eigenvalue weighted by Crippen LogP contribution is -2.09.